The van der Waals surface area contributed by atoms with Gasteiger partial charge in [0.05, 0.1) is 17.5 Å². The summed E-state index contributed by atoms with van der Waals surface area (Å²) in [6, 6.07) is 2.93. The van der Waals surface area contributed by atoms with E-state index in [0.717, 1.165) is 50.0 Å². The Bertz CT molecular complexity index is 593. The van der Waals surface area contributed by atoms with E-state index in [-0.39, 0.29) is 23.9 Å². The molecule has 3 fully saturated rings. The SMILES string of the molecule is Cc1cc(C2C3CC[C@H](C[C@@H]2OC(=O)C2CCCCC2)N3C)on1. The summed E-state index contributed by atoms with van der Waals surface area (Å²) < 4.78 is 11.7. The fourth-order valence-electron chi connectivity index (χ4n) is 5.04. The number of hydrogen-bond donors (Lipinski definition) is 0. The average molecular weight is 332 g/mol. The van der Waals surface area contributed by atoms with Crippen LogP contribution in [0.4, 0.5) is 0 Å². The van der Waals surface area contributed by atoms with E-state index in [2.05, 4.69) is 17.1 Å². The Kier molecular flexibility index (Phi) is 4.37. The van der Waals surface area contributed by atoms with Crippen LogP contribution in [-0.2, 0) is 9.53 Å². The van der Waals surface area contributed by atoms with Crippen LogP contribution in [0.2, 0.25) is 0 Å². The molecule has 4 rings (SSSR count). The van der Waals surface area contributed by atoms with Crippen LogP contribution in [0.5, 0.6) is 0 Å². The lowest BCUT2D eigenvalue weighted by molar-refractivity contribution is -0.160. The molecule has 3 aliphatic rings. The van der Waals surface area contributed by atoms with E-state index in [1.54, 1.807) is 0 Å². The number of fused-ring (bicyclic) bond motifs is 2. The molecule has 0 N–H and O–H groups in total. The van der Waals surface area contributed by atoms with E-state index in [0.29, 0.717) is 12.1 Å². The molecule has 2 saturated heterocycles. The van der Waals surface area contributed by atoms with Gasteiger partial charge in [0.1, 0.15) is 11.9 Å². The highest BCUT2D eigenvalue weighted by molar-refractivity contribution is 5.72. The summed E-state index contributed by atoms with van der Waals surface area (Å²) in [5.74, 6) is 1.12. The predicted molar refractivity (Wildman–Crippen MR) is 89.6 cm³/mol. The number of hydrogen-bond acceptors (Lipinski definition) is 5. The summed E-state index contributed by atoms with van der Waals surface area (Å²) in [7, 11) is 2.19. The monoisotopic (exact) mass is 332 g/mol. The fraction of sp³-hybridized carbons (Fsp3) is 0.789. The minimum atomic E-state index is -0.0690. The number of rotatable bonds is 3. The molecule has 1 aliphatic carbocycles. The number of aromatic nitrogens is 1. The van der Waals surface area contributed by atoms with Crippen LogP contribution in [0, 0.1) is 12.8 Å². The maximum atomic E-state index is 12.7. The Hall–Kier alpha value is -1.36. The molecule has 0 aromatic carbocycles. The van der Waals surface area contributed by atoms with Gasteiger partial charge in [-0.05, 0) is 39.7 Å². The molecule has 1 saturated carbocycles. The van der Waals surface area contributed by atoms with Crippen molar-refractivity contribution in [3.05, 3.63) is 17.5 Å². The first-order valence-corrected chi connectivity index (χ1v) is 9.49. The van der Waals surface area contributed by atoms with E-state index in [4.69, 9.17) is 9.26 Å². The number of carbonyl (C=O) groups excluding carboxylic acids is 1. The largest absolute Gasteiger partial charge is 0.461 e. The maximum absolute atomic E-state index is 12.7. The average Bonchev–Trinajstić information content (AvgIpc) is 3.10. The molecule has 0 amide bonds. The number of nitrogens with zero attached hydrogens (tertiary/aromatic N) is 2. The van der Waals surface area contributed by atoms with E-state index in [9.17, 15) is 4.79 Å². The molecule has 2 aliphatic heterocycles. The topological polar surface area (TPSA) is 55.6 Å². The van der Waals surface area contributed by atoms with Gasteiger partial charge in [-0.2, -0.15) is 0 Å². The van der Waals surface area contributed by atoms with Gasteiger partial charge in [0.25, 0.3) is 0 Å². The van der Waals surface area contributed by atoms with Crippen LogP contribution in [0.25, 0.3) is 0 Å². The van der Waals surface area contributed by atoms with Gasteiger partial charge < -0.3 is 9.26 Å². The Balaban J connectivity index is 1.54. The van der Waals surface area contributed by atoms with Gasteiger partial charge >= 0.3 is 5.97 Å². The van der Waals surface area contributed by atoms with Gasteiger partial charge in [0, 0.05) is 24.6 Å². The number of ether oxygens (including phenoxy) is 1. The van der Waals surface area contributed by atoms with Crippen LogP contribution < -0.4 is 0 Å². The molecule has 4 atom stereocenters. The second-order valence-electron chi connectivity index (χ2n) is 7.91. The summed E-state index contributed by atoms with van der Waals surface area (Å²) >= 11 is 0. The van der Waals surface area contributed by atoms with Crippen LogP contribution in [0.15, 0.2) is 10.6 Å². The molecule has 5 heteroatoms. The first-order valence-electron chi connectivity index (χ1n) is 9.49. The van der Waals surface area contributed by atoms with Crippen molar-refractivity contribution in [3.8, 4) is 0 Å². The standard InChI is InChI=1S/C19H28N2O3/c1-12-10-17(24-20-12)18-15-9-8-14(21(15)2)11-16(18)23-19(22)13-6-4-3-5-7-13/h10,13-16,18H,3-9,11H2,1-2H3/t14-,15?,16+,18?/m1/s1. The summed E-state index contributed by atoms with van der Waals surface area (Å²) in [6.45, 7) is 1.94. The minimum absolute atomic E-state index is 0.0184. The van der Waals surface area contributed by atoms with Gasteiger partial charge in [0.2, 0.25) is 0 Å². The molecule has 3 heterocycles. The summed E-state index contributed by atoms with van der Waals surface area (Å²) in [6.07, 6.45) is 8.71. The fourth-order valence-corrected chi connectivity index (χ4v) is 5.04. The van der Waals surface area contributed by atoms with Gasteiger partial charge in [-0.25, -0.2) is 0 Å². The van der Waals surface area contributed by atoms with Gasteiger partial charge in [-0.3, -0.25) is 9.69 Å². The van der Waals surface area contributed by atoms with Crippen molar-refractivity contribution >= 4 is 5.97 Å². The zero-order chi connectivity index (χ0) is 16.7. The Morgan fingerprint density at radius 2 is 2.04 bits per heavy atom. The highest BCUT2D eigenvalue weighted by Crippen LogP contribution is 2.45. The molecular weight excluding hydrogens is 304 g/mol. The molecule has 2 unspecified atom stereocenters. The lowest BCUT2D eigenvalue weighted by atomic mass is 9.85. The van der Waals surface area contributed by atoms with Crippen molar-refractivity contribution in [2.75, 3.05) is 7.05 Å². The number of carbonyl (C=O) groups is 1. The normalized spacial score (nSPS) is 34.4. The van der Waals surface area contributed by atoms with Gasteiger partial charge in [-0.15, -0.1) is 0 Å². The van der Waals surface area contributed by atoms with Crippen LogP contribution >= 0.6 is 0 Å². The van der Waals surface area contributed by atoms with Crippen molar-refractivity contribution in [1.82, 2.24) is 10.1 Å². The number of esters is 1. The van der Waals surface area contributed by atoms with E-state index < -0.39 is 0 Å². The Labute approximate surface area is 143 Å². The smallest absolute Gasteiger partial charge is 0.309 e. The van der Waals surface area contributed by atoms with E-state index in [1.165, 1.54) is 12.8 Å². The van der Waals surface area contributed by atoms with Crippen molar-refractivity contribution in [2.24, 2.45) is 5.92 Å². The lowest BCUT2D eigenvalue weighted by Gasteiger charge is -2.41. The molecule has 24 heavy (non-hydrogen) atoms. The highest BCUT2D eigenvalue weighted by atomic mass is 16.5. The highest BCUT2D eigenvalue weighted by Gasteiger charge is 2.49. The molecule has 0 spiro atoms. The summed E-state index contributed by atoms with van der Waals surface area (Å²) in [4.78, 5) is 15.1. The van der Waals surface area contributed by atoms with E-state index >= 15 is 0 Å². The molecule has 1 aromatic heterocycles. The van der Waals surface area contributed by atoms with Crippen LogP contribution in [0.1, 0.15) is 68.7 Å². The molecule has 132 valence electrons. The zero-order valence-corrected chi connectivity index (χ0v) is 14.7. The third-order valence-electron chi connectivity index (χ3n) is 6.39. The number of likely N-dealkylation sites (N-methyl/N-ethyl adjacent to an activating group) is 1. The van der Waals surface area contributed by atoms with Crippen molar-refractivity contribution in [2.45, 2.75) is 82.4 Å². The maximum Gasteiger partial charge on any atom is 0.309 e. The minimum Gasteiger partial charge on any atom is -0.461 e. The van der Waals surface area contributed by atoms with Crippen molar-refractivity contribution < 1.29 is 14.1 Å². The third kappa shape index (κ3) is 2.87. The third-order valence-corrected chi connectivity index (χ3v) is 6.39. The first kappa shape index (κ1) is 16.1. The first-order chi connectivity index (χ1) is 11.6. The Morgan fingerprint density at radius 3 is 2.75 bits per heavy atom. The summed E-state index contributed by atoms with van der Waals surface area (Å²) in [5.41, 5.74) is 0.894. The molecule has 5 nitrogen and oxygen atoms in total. The van der Waals surface area contributed by atoms with Crippen LogP contribution in [-0.4, -0.2) is 41.3 Å². The molecular formula is C19H28N2O3. The van der Waals surface area contributed by atoms with Gasteiger partial charge in [-0.1, -0.05) is 24.4 Å². The quantitative estimate of drug-likeness (QED) is 0.794. The second-order valence-corrected chi connectivity index (χ2v) is 7.91. The number of aryl methyl sites for hydroxylation is 1. The Morgan fingerprint density at radius 1 is 1.25 bits per heavy atom. The molecule has 1 aromatic rings. The number of piperidine rings is 1. The van der Waals surface area contributed by atoms with Crippen LogP contribution in [0.3, 0.4) is 0 Å². The second kappa shape index (κ2) is 6.51. The molecule has 0 radical (unpaired) electrons. The van der Waals surface area contributed by atoms with Crippen molar-refractivity contribution in [1.29, 1.82) is 0 Å². The zero-order valence-electron chi connectivity index (χ0n) is 14.7. The predicted octanol–water partition coefficient (Wildman–Crippen LogP) is 3.43. The lowest BCUT2D eigenvalue weighted by Crippen LogP contribution is -2.49. The van der Waals surface area contributed by atoms with Crippen molar-refractivity contribution in [3.63, 3.8) is 0 Å². The molecule has 2 bridgehead atoms. The summed E-state index contributed by atoms with van der Waals surface area (Å²) in [5, 5.41) is 4.07. The van der Waals surface area contributed by atoms with E-state index in [1.807, 2.05) is 13.0 Å². The van der Waals surface area contributed by atoms with Gasteiger partial charge in [0.15, 0.2) is 0 Å².